The van der Waals surface area contributed by atoms with Gasteiger partial charge in [-0.2, -0.15) is 11.8 Å². The molecule has 2 heterocycles. The van der Waals surface area contributed by atoms with Crippen molar-refractivity contribution in [3.8, 4) is 0 Å². The van der Waals surface area contributed by atoms with Crippen molar-refractivity contribution >= 4 is 23.7 Å². The first-order valence-corrected chi connectivity index (χ1v) is 29.0. The lowest BCUT2D eigenvalue weighted by Gasteiger charge is -2.33. The molecule has 7 heteroatoms. The molecule has 2 saturated heterocycles. The summed E-state index contributed by atoms with van der Waals surface area (Å²) in [7, 11) is 0. The third-order valence-corrected chi connectivity index (χ3v) is 15.6. The zero-order chi connectivity index (χ0) is 44.6. The van der Waals surface area contributed by atoms with Crippen LogP contribution in [0.5, 0.6) is 0 Å². The Kier molecular flexibility index (Phi) is 38.5. The average molecular weight is 892 g/mol. The lowest BCUT2D eigenvalue weighted by Crippen LogP contribution is -2.36. The maximum Gasteiger partial charge on any atom is 0.305 e. The van der Waals surface area contributed by atoms with E-state index in [4.69, 9.17) is 9.47 Å². The number of nitrogens with zero attached hydrogens (tertiary/aromatic N) is 2. The molecule has 0 N–H and O–H groups in total. The summed E-state index contributed by atoms with van der Waals surface area (Å²) in [4.78, 5) is 30.3. The van der Waals surface area contributed by atoms with E-state index < -0.39 is 0 Å². The summed E-state index contributed by atoms with van der Waals surface area (Å²) >= 11 is 2.15. The van der Waals surface area contributed by atoms with E-state index in [0.717, 1.165) is 31.1 Å². The topological polar surface area (TPSA) is 59.1 Å². The van der Waals surface area contributed by atoms with Crippen molar-refractivity contribution in [2.45, 2.75) is 252 Å². The zero-order valence-electron chi connectivity index (χ0n) is 42.1. The molecule has 62 heavy (non-hydrogen) atoms. The zero-order valence-corrected chi connectivity index (χ0v) is 42.9. The predicted octanol–water partition coefficient (Wildman–Crippen LogP) is 15.6. The summed E-state index contributed by atoms with van der Waals surface area (Å²) in [5, 5.41) is 0. The lowest BCUT2D eigenvalue weighted by molar-refractivity contribution is -0.146. The fourth-order valence-corrected chi connectivity index (χ4v) is 11.1. The monoisotopic (exact) mass is 891 g/mol. The van der Waals surface area contributed by atoms with Gasteiger partial charge in [0.05, 0.1) is 13.2 Å². The highest BCUT2D eigenvalue weighted by atomic mass is 32.2. The average Bonchev–Trinajstić information content (AvgIpc) is 3.28. The summed E-state index contributed by atoms with van der Waals surface area (Å²) in [5.41, 5.74) is 0. The second-order valence-electron chi connectivity index (χ2n) is 20.2. The second kappa shape index (κ2) is 41.6. The van der Waals surface area contributed by atoms with Crippen LogP contribution >= 0.6 is 11.8 Å². The number of likely N-dealkylation sites (tertiary alicyclic amines) is 2. The number of ether oxygens (including phenoxy) is 2. The molecule has 2 fully saturated rings. The molecule has 0 bridgehead atoms. The highest BCUT2D eigenvalue weighted by molar-refractivity contribution is 7.99. The quantitative estimate of drug-likeness (QED) is 0.0446. The van der Waals surface area contributed by atoms with Crippen LogP contribution < -0.4 is 0 Å². The molecule has 2 aliphatic rings. The first-order chi connectivity index (χ1) is 30.5. The fourth-order valence-electron chi connectivity index (χ4n) is 10.1. The molecule has 0 aliphatic carbocycles. The van der Waals surface area contributed by atoms with Gasteiger partial charge in [-0.25, -0.2) is 0 Å². The van der Waals surface area contributed by atoms with Crippen LogP contribution in [0.15, 0.2) is 0 Å². The Balaban J connectivity index is 1.45. The van der Waals surface area contributed by atoms with Crippen molar-refractivity contribution in [2.75, 3.05) is 64.0 Å². The van der Waals surface area contributed by atoms with Crippen LogP contribution in [0.3, 0.4) is 0 Å². The first kappa shape index (κ1) is 57.3. The van der Waals surface area contributed by atoms with Gasteiger partial charge in [-0.3, -0.25) is 9.59 Å². The van der Waals surface area contributed by atoms with Crippen LogP contribution in [0.2, 0.25) is 0 Å². The molecule has 0 radical (unpaired) electrons. The largest absolute Gasteiger partial charge is 0.466 e. The first-order valence-electron chi connectivity index (χ1n) is 27.8. The maximum atomic E-state index is 12.5. The number of carbonyl (C=O) groups is 2. The molecule has 2 aliphatic heterocycles. The Labute approximate surface area is 391 Å². The third kappa shape index (κ3) is 32.8. The maximum absolute atomic E-state index is 12.5. The van der Waals surface area contributed by atoms with Gasteiger partial charge in [-0.05, 0) is 101 Å². The summed E-state index contributed by atoms with van der Waals surface area (Å²) < 4.78 is 11.3. The minimum atomic E-state index is -0.167. The highest BCUT2D eigenvalue weighted by Gasteiger charge is 2.21. The normalized spacial score (nSPS) is 16.8. The Morgan fingerprint density at radius 2 is 0.855 bits per heavy atom. The minimum Gasteiger partial charge on any atom is -0.466 e. The fraction of sp³-hybridized carbons (Fsp3) is 0.964. The predicted molar refractivity (Wildman–Crippen MR) is 270 cm³/mol. The van der Waals surface area contributed by atoms with Gasteiger partial charge in [0.2, 0.25) is 0 Å². The molecule has 0 saturated carbocycles. The van der Waals surface area contributed by atoms with Gasteiger partial charge >= 0.3 is 11.9 Å². The lowest BCUT2D eigenvalue weighted by atomic mass is 9.86. The van der Waals surface area contributed by atoms with E-state index in [1.54, 1.807) is 0 Å². The van der Waals surface area contributed by atoms with Gasteiger partial charge in [-0.15, -0.1) is 0 Å². The van der Waals surface area contributed by atoms with E-state index in [2.05, 4.69) is 49.3 Å². The van der Waals surface area contributed by atoms with E-state index >= 15 is 0 Å². The Hall–Kier alpha value is -0.790. The van der Waals surface area contributed by atoms with Crippen LogP contribution in [0.25, 0.3) is 0 Å². The number of hydrogen-bond donors (Lipinski definition) is 0. The number of hydrogen-bond acceptors (Lipinski definition) is 7. The number of piperidine rings is 2. The molecule has 0 aromatic rings. The van der Waals surface area contributed by atoms with Crippen molar-refractivity contribution in [3.63, 3.8) is 0 Å². The standard InChI is InChI=1S/C55H106N2O4S/c1-5-9-13-17-19-23-28-50(27-21-15-11-7-3)31-25-32-51-35-40-56(41-36-51)44-47-62-48-45-57-42-37-52(38-43-57)39-46-60-54(58)33-26-34-55(59)61-49-53(29-22-16-12-8-4)30-24-20-18-14-10-6-2/h50-53H,5-49H2,1-4H3. The van der Waals surface area contributed by atoms with Gasteiger partial charge in [-0.1, -0.05) is 188 Å². The van der Waals surface area contributed by atoms with E-state index in [9.17, 15) is 9.59 Å². The Bertz CT molecular complexity index is 998. The van der Waals surface area contributed by atoms with Gasteiger partial charge < -0.3 is 19.3 Å². The van der Waals surface area contributed by atoms with E-state index in [1.165, 1.54) is 237 Å². The summed E-state index contributed by atoms with van der Waals surface area (Å²) in [6.45, 7) is 17.7. The molecule has 0 aromatic carbocycles. The molecule has 2 rings (SSSR count). The van der Waals surface area contributed by atoms with Crippen LogP contribution in [-0.4, -0.2) is 85.7 Å². The number of esters is 2. The van der Waals surface area contributed by atoms with E-state index in [-0.39, 0.29) is 11.9 Å². The molecule has 366 valence electrons. The number of carbonyl (C=O) groups excluding carboxylic acids is 2. The highest BCUT2D eigenvalue weighted by Crippen LogP contribution is 2.29. The Morgan fingerprint density at radius 3 is 1.34 bits per heavy atom. The van der Waals surface area contributed by atoms with Gasteiger partial charge in [0.1, 0.15) is 0 Å². The van der Waals surface area contributed by atoms with Crippen LogP contribution in [-0.2, 0) is 19.1 Å². The van der Waals surface area contributed by atoms with Crippen molar-refractivity contribution in [1.29, 1.82) is 0 Å². The third-order valence-electron chi connectivity index (χ3n) is 14.6. The second-order valence-corrected chi connectivity index (χ2v) is 21.4. The Morgan fingerprint density at radius 1 is 0.468 bits per heavy atom. The molecule has 6 nitrogen and oxygen atoms in total. The summed E-state index contributed by atoms with van der Waals surface area (Å²) in [5.74, 6) is 5.27. The van der Waals surface area contributed by atoms with Crippen molar-refractivity contribution < 1.29 is 19.1 Å². The molecule has 0 amide bonds. The molecule has 2 unspecified atom stereocenters. The summed E-state index contributed by atoms with van der Waals surface area (Å²) in [6, 6.07) is 0. The van der Waals surface area contributed by atoms with E-state index in [1.807, 2.05) is 0 Å². The van der Waals surface area contributed by atoms with Crippen molar-refractivity contribution in [1.82, 2.24) is 9.80 Å². The van der Waals surface area contributed by atoms with E-state index in [0.29, 0.717) is 44.3 Å². The molecule has 2 atom stereocenters. The number of rotatable bonds is 43. The van der Waals surface area contributed by atoms with Crippen molar-refractivity contribution in [2.24, 2.45) is 23.7 Å². The van der Waals surface area contributed by atoms with Crippen LogP contribution in [0.4, 0.5) is 0 Å². The van der Waals surface area contributed by atoms with Gasteiger partial charge in [0.25, 0.3) is 0 Å². The number of unbranched alkanes of at least 4 members (excludes halogenated alkanes) is 16. The molecular weight excluding hydrogens is 785 g/mol. The molecule has 0 aromatic heterocycles. The van der Waals surface area contributed by atoms with Gasteiger partial charge in [0.15, 0.2) is 0 Å². The van der Waals surface area contributed by atoms with Crippen molar-refractivity contribution in [3.05, 3.63) is 0 Å². The van der Waals surface area contributed by atoms with Gasteiger partial charge in [0, 0.05) is 37.4 Å². The SMILES string of the molecule is CCCCCCCCC(CCCCCC)CCCC1CCN(CCSCCN2CCC(CCOC(=O)CCCC(=O)OCC(CCCCCC)CCCCCCCC)CC2)CC1. The molecular formula is C55H106N2O4S. The molecule has 0 spiro atoms. The summed E-state index contributed by atoms with van der Waals surface area (Å²) in [6.07, 6.45) is 44.3. The smallest absolute Gasteiger partial charge is 0.305 e. The van der Waals surface area contributed by atoms with Crippen LogP contribution in [0.1, 0.15) is 252 Å². The van der Waals surface area contributed by atoms with Crippen LogP contribution in [0, 0.1) is 23.7 Å². The minimum absolute atomic E-state index is 0.157. The number of thioether (sulfide) groups is 1.